The second-order valence-electron chi connectivity index (χ2n) is 10.8. The molecule has 4 atom stereocenters. The molecule has 0 saturated heterocycles. The number of unbranched alkanes of at least 4 members (excludes halogenated alkanes) is 1. The maximum Gasteiger partial charge on any atom is 0.336 e. The molecule has 0 amide bonds. The van der Waals surface area contributed by atoms with E-state index in [1.54, 1.807) is 0 Å². The normalized spacial score (nSPS) is 27.3. The maximum absolute atomic E-state index is 12.5. The summed E-state index contributed by atoms with van der Waals surface area (Å²) in [6, 6.07) is 4.08. The highest BCUT2D eigenvalue weighted by atomic mass is 16.5. The highest BCUT2D eigenvalue weighted by molar-refractivity contribution is 5.92. The summed E-state index contributed by atoms with van der Waals surface area (Å²) < 4.78 is 12.2. The molecule has 0 radical (unpaired) electrons. The third-order valence-corrected chi connectivity index (χ3v) is 8.12. The average molecular weight is 439 g/mol. The monoisotopic (exact) mass is 438 g/mol. The molecule has 0 unspecified atom stereocenters. The van der Waals surface area contributed by atoms with Crippen molar-refractivity contribution < 1.29 is 24.2 Å². The van der Waals surface area contributed by atoms with Crippen molar-refractivity contribution in [2.45, 2.75) is 77.7 Å². The van der Waals surface area contributed by atoms with Crippen LogP contribution in [0, 0.1) is 17.3 Å². The first-order valence-corrected chi connectivity index (χ1v) is 11.6. The van der Waals surface area contributed by atoms with Gasteiger partial charge in [-0.15, -0.1) is 0 Å². The van der Waals surface area contributed by atoms with Gasteiger partial charge in [0.2, 0.25) is 0 Å². The number of carbonyl (C=O) groups excluding carboxylic acids is 1. The SMILES string of the molecule is C=C1[C@@H]2Oc3cc(C(C)(C)CCCC)cc(OC(=O)/C=C/C(=O)O)c3[C@@H]2[C@H]2C[C@@H]1C2(C)C. The Labute approximate surface area is 190 Å². The van der Waals surface area contributed by atoms with Gasteiger partial charge in [0.1, 0.15) is 17.6 Å². The summed E-state index contributed by atoms with van der Waals surface area (Å²) in [6.07, 6.45) is 5.95. The van der Waals surface area contributed by atoms with Crippen molar-refractivity contribution in [2.24, 2.45) is 17.3 Å². The summed E-state index contributed by atoms with van der Waals surface area (Å²) in [4.78, 5) is 23.3. The zero-order valence-corrected chi connectivity index (χ0v) is 19.7. The van der Waals surface area contributed by atoms with Crippen molar-refractivity contribution in [3.8, 4) is 11.5 Å². The van der Waals surface area contributed by atoms with E-state index >= 15 is 0 Å². The van der Waals surface area contributed by atoms with Crippen molar-refractivity contribution in [1.82, 2.24) is 0 Å². The van der Waals surface area contributed by atoms with Crippen LogP contribution in [0.4, 0.5) is 0 Å². The molecule has 1 N–H and O–H groups in total. The summed E-state index contributed by atoms with van der Waals surface area (Å²) in [5.74, 6) is 0.359. The van der Waals surface area contributed by atoms with Gasteiger partial charge in [0.15, 0.2) is 0 Å². The molecule has 2 bridgehead atoms. The number of carboxylic acid groups (broad SMARTS) is 1. The molecule has 3 fully saturated rings. The second-order valence-corrected chi connectivity index (χ2v) is 10.8. The third kappa shape index (κ3) is 3.56. The fourth-order valence-electron chi connectivity index (χ4n) is 6.02. The minimum atomic E-state index is -1.18. The lowest BCUT2D eigenvalue weighted by Gasteiger charge is -2.61. The van der Waals surface area contributed by atoms with Crippen molar-refractivity contribution >= 4 is 11.9 Å². The van der Waals surface area contributed by atoms with Crippen LogP contribution in [0.15, 0.2) is 36.4 Å². The van der Waals surface area contributed by atoms with Crippen molar-refractivity contribution in [1.29, 1.82) is 0 Å². The zero-order valence-electron chi connectivity index (χ0n) is 19.7. The number of hydrogen-bond donors (Lipinski definition) is 1. The van der Waals surface area contributed by atoms with Crippen LogP contribution in [-0.2, 0) is 15.0 Å². The Morgan fingerprint density at radius 2 is 2.03 bits per heavy atom. The standard InChI is InChI=1S/C27H34O5/c1-7-8-11-26(3,4)16-12-19(31-22(30)10-9-21(28)29)24-20(13-16)32-25-15(2)17-14-18(23(24)25)27(17,5)6/h9-10,12-13,17-18,23,25H,2,7-8,11,14H2,1,3-6H3,(H,28,29)/b10-9+/t17-,18+,23-,25-/m0/s1. The maximum atomic E-state index is 12.5. The van der Waals surface area contributed by atoms with E-state index in [2.05, 4.69) is 47.3 Å². The first-order valence-electron chi connectivity index (χ1n) is 11.6. The number of fused-ring (bicyclic) bond motifs is 1. The van der Waals surface area contributed by atoms with Crippen LogP contribution >= 0.6 is 0 Å². The Morgan fingerprint density at radius 3 is 2.66 bits per heavy atom. The lowest BCUT2D eigenvalue weighted by atomic mass is 9.43. The molecular formula is C27H34O5. The molecule has 0 aromatic heterocycles. The topological polar surface area (TPSA) is 72.8 Å². The van der Waals surface area contributed by atoms with E-state index in [9.17, 15) is 9.59 Å². The van der Waals surface area contributed by atoms with Crippen LogP contribution in [0.1, 0.15) is 77.3 Å². The van der Waals surface area contributed by atoms with Crippen molar-refractivity contribution in [3.63, 3.8) is 0 Å². The number of esters is 1. The smallest absolute Gasteiger partial charge is 0.336 e. The molecule has 4 aliphatic rings. The number of aliphatic carboxylic acids is 1. The van der Waals surface area contributed by atoms with Gasteiger partial charge >= 0.3 is 11.9 Å². The van der Waals surface area contributed by atoms with Crippen LogP contribution in [0.3, 0.4) is 0 Å². The first-order chi connectivity index (χ1) is 15.0. The van der Waals surface area contributed by atoms with E-state index in [0.717, 1.165) is 60.3 Å². The average Bonchev–Trinajstić information content (AvgIpc) is 3.11. The summed E-state index contributed by atoms with van der Waals surface area (Å²) >= 11 is 0. The largest absolute Gasteiger partial charge is 0.485 e. The van der Waals surface area contributed by atoms with Gasteiger partial charge in [-0.3, -0.25) is 0 Å². The van der Waals surface area contributed by atoms with Crippen LogP contribution < -0.4 is 9.47 Å². The Balaban J connectivity index is 1.78. The number of benzene rings is 1. The van der Waals surface area contributed by atoms with Crippen LogP contribution in [0.5, 0.6) is 11.5 Å². The zero-order chi connectivity index (χ0) is 23.4. The molecule has 3 saturated carbocycles. The molecule has 1 aromatic carbocycles. The van der Waals surface area contributed by atoms with Gasteiger partial charge in [-0.05, 0) is 58.8 Å². The highest BCUT2D eigenvalue weighted by Crippen LogP contribution is 2.69. The molecular weight excluding hydrogens is 404 g/mol. The molecule has 1 heterocycles. The Hall–Kier alpha value is -2.56. The van der Waals surface area contributed by atoms with E-state index in [1.165, 1.54) is 0 Å². The van der Waals surface area contributed by atoms with E-state index < -0.39 is 11.9 Å². The highest BCUT2D eigenvalue weighted by Gasteiger charge is 2.63. The van der Waals surface area contributed by atoms with Gasteiger partial charge in [-0.1, -0.05) is 54.0 Å². The molecule has 5 rings (SSSR count). The quantitative estimate of drug-likeness (QED) is 0.253. The predicted octanol–water partition coefficient (Wildman–Crippen LogP) is 5.78. The van der Waals surface area contributed by atoms with Crippen LogP contribution in [-0.4, -0.2) is 23.1 Å². The van der Waals surface area contributed by atoms with Crippen LogP contribution in [0.2, 0.25) is 0 Å². The second kappa shape index (κ2) is 7.79. The number of rotatable bonds is 7. The molecule has 1 aliphatic heterocycles. The molecule has 5 nitrogen and oxygen atoms in total. The van der Waals surface area contributed by atoms with Crippen molar-refractivity contribution in [3.05, 3.63) is 47.6 Å². The molecule has 1 aromatic rings. The number of carboxylic acids is 1. The Morgan fingerprint density at radius 1 is 1.31 bits per heavy atom. The third-order valence-electron chi connectivity index (χ3n) is 8.12. The van der Waals surface area contributed by atoms with E-state index in [4.69, 9.17) is 14.6 Å². The van der Waals surface area contributed by atoms with Gasteiger partial charge in [0.05, 0.1) is 0 Å². The van der Waals surface area contributed by atoms with Gasteiger partial charge in [0, 0.05) is 23.6 Å². The summed E-state index contributed by atoms with van der Waals surface area (Å²) in [7, 11) is 0. The number of hydrogen-bond acceptors (Lipinski definition) is 4. The molecule has 5 heteroatoms. The lowest BCUT2D eigenvalue weighted by Crippen LogP contribution is -2.57. The predicted molar refractivity (Wildman–Crippen MR) is 123 cm³/mol. The van der Waals surface area contributed by atoms with Gasteiger partial charge in [-0.25, -0.2) is 9.59 Å². The van der Waals surface area contributed by atoms with E-state index in [-0.39, 0.29) is 22.9 Å². The number of carbonyl (C=O) groups is 2. The van der Waals surface area contributed by atoms with Crippen molar-refractivity contribution in [2.75, 3.05) is 0 Å². The minimum absolute atomic E-state index is 0.0940. The fraction of sp³-hybridized carbons (Fsp3) is 0.556. The fourth-order valence-corrected chi connectivity index (χ4v) is 6.02. The molecule has 172 valence electrons. The van der Waals surface area contributed by atoms with Crippen LogP contribution in [0.25, 0.3) is 0 Å². The van der Waals surface area contributed by atoms with E-state index in [1.807, 2.05) is 6.07 Å². The molecule has 32 heavy (non-hydrogen) atoms. The molecule has 0 spiro atoms. The van der Waals surface area contributed by atoms with Gasteiger partial charge in [0.25, 0.3) is 0 Å². The Kier molecular flexibility index (Phi) is 5.51. The molecule has 3 aliphatic carbocycles. The van der Waals surface area contributed by atoms with Gasteiger partial charge in [-0.2, -0.15) is 0 Å². The summed E-state index contributed by atoms with van der Waals surface area (Å²) in [6.45, 7) is 15.5. The minimum Gasteiger partial charge on any atom is -0.485 e. The summed E-state index contributed by atoms with van der Waals surface area (Å²) in [5, 5.41) is 8.87. The Bertz CT molecular complexity index is 1000. The lowest BCUT2D eigenvalue weighted by molar-refractivity contribution is -0.133. The van der Waals surface area contributed by atoms with E-state index in [0.29, 0.717) is 17.6 Å². The van der Waals surface area contributed by atoms with Gasteiger partial charge < -0.3 is 14.6 Å². The number of ether oxygens (including phenoxy) is 2. The summed E-state index contributed by atoms with van der Waals surface area (Å²) in [5.41, 5.74) is 3.14. The first kappa shape index (κ1) is 22.6.